The van der Waals surface area contributed by atoms with Crippen LogP contribution in [0.25, 0.3) is 22.1 Å². The molecule has 1 atom stereocenters. The van der Waals surface area contributed by atoms with Crippen molar-refractivity contribution in [2.24, 2.45) is 0 Å². The Hall–Kier alpha value is -2.54. The van der Waals surface area contributed by atoms with E-state index in [9.17, 15) is 21.6 Å². The molecular weight excluding hydrogens is 399 g/mol. The molecule has 0 aliphatic carbocycles. The monoisotopic (exact) mass is 415 g/mol. The predicted octanol–water partition coefficient (Wildman–Crippen LogP) is 1.35. The number of piperidine rings is 1. The summed E-state index contributed by atoms with van der Waals surface area (Å²) < 4.78 is 63.2. The number of nitrogens with one attached hydrogen (secondary N) is 2. The summed E-state index contributed by atoms with van der Waals surface area (Å²) in [6, 6.07) is 1.15. The van der Waals surface area contributed by atoms with Crippen molar-refractivity contribution in [3.05, 3.63) is 18.5 Å². The minimum Gasteiger partial charge on any atom is -0.368 e. The molecule has 2 N–H and O–H groups in total. The number of sulfonamides is 1. The zero-order valence-corrected chi connectivity index (χ0v) is 15.3. The van der Waals surface area contributed by atoms with Gasteiger partial charge in [-0.15, -0.1) is 10.2 Å². The van der Waals surface area contributed by atoms with Crippen LogP contribution in [0.2, 0.25) is 0 Å². The van der Waals surface area contributed by atoms with Crippen LogP contribution in [0.4, 0.5) is 18.9 Å². The summed E-state index contributed by atoms with van der Waals surface area (Å²) in [5, 5.41) is 16.4. The fraction of sp³-hybridized carbons (Fsp3) is 0.467. The number of hydrogen-bond acceptors (Lipinski definition) is 7. The Bertz CT molecular complexity index is 1120. The van der Waals surface area contributed by atoms with E-state index in [1.807, 2.05) is 4.90 Å². The molecular formula is C15H16F3N7O2S. The molecule has 1 aliphatic heterocycles. The second-order valence-corrected chi connectivity index (χ2v) is 8.39. The van der Waals surface area contributed by atoms with Gasteiger partial charge in [-0.05, 0) is 18.9 Å². The maximum Gasteiger partial charge on any atom is 0.404 e. The quantitative estimate of drug-likeness (QED) is 0.661. The van der Waals surface area contributed by atoms with E-state index >= 15 is 0 Å². The van der Waals surface area contributed by atoms with Crippen LogP contribution in [0.5, 0.6) is 0 Å². The van der Waals surface area contributed by atoms with Gasteiger partial charge in [0.15, 0.2) is 17.0 Å². The van der Waals surface area contributed by atoms with E-state index in [0.717, 1.165) is 10.8 Å². The van der Waals surface area contributed by atoms with Crippen LogP contribution in [0.3, 0.4) is 0 Å². The van der Waals surface area contributed by atoms with E-state index < -0.39 is 28.0 Å². The van der Waals surface area contributed by atoms with Gasteiger partial charge in [0, 0.05) is 30.7 Å². The molecule has 1 aliphatic rings. The van der Waals surface area contributed by atoms with Gasteiger partial charge in [-0.25, -0.2) is 18.1 Å². The first-order valence-corrected chi connectivity index (χ1v) is 10.1. The highest BCUT2D eigenvalue weighted by Gasteiger charge is 2.36. The summed E-state index contributed by atoms with van der Waals surface area (Å²) >= 11 is 0. The summed E-state index contributed by atoms with van der Waals surface area (Å²) in [4.78, 5) is 6.02. The number of rotatable bonds is 4. The summed E-state index contributed by atoms with van der Waals surface area (Å²) in [6.45, 7) is 0.825. The predicted molar refractivity (Wildman–Crippen MR) is 95.2 cm³/mol. The maximum atomic E-state index is 12.5. The Morgan fingerprint density at radius 1 is 1.32 bits per heavy atom. The lowest BCUT2D eigenvalue weighted by Crippen LogP contribution is -2.49. The van der Waals surface area contributed by atoms with Gasteiger partial charge in [0.25, 0.3) is 0 Å². The maximum absolute atomic E-state index is 12.5. The van der Waals surface area contributed by atoms with E-state index in [4.69, 9.17) is 0 Å². The van der Waals surface area contributed by atoms with Crippen molar-refractivity contribution in [2.45, 2.75) is 25.1 Å². The molecule has 0 aromatic carbocycles. The molecule has 4 heterocycles. The highest BCUT2D eigenvalue weighted by Crippen LogP contribution is 2.31. The molecule has 4 rings (SSSR count). The number of H-pyrrole nitrogens is 1. The van der Waals surface area contributed by atoms with Crippen molar-refractivity contribution >= 4 is 37.8 Å². The summed E-state index contributed by atoms with van der Waals surface area (Å²) in [6.07, 6.45) is -0.535. The SMILES string of the molecule is O=S(=O)(CC(F)(F)F)NC1CCCN(c2cn[nH]c3nnc4nccc4c23)C1. The Labute approximate surface area is 157 Å². The van der Waals surface area contributed by atoms with Crippen LogP contribution < -0.4 is 9.62 Å². The van der Waals surface area contributed by atoms with Crippen LogP contribution in [0.15, 0.2) is 18.5 Å². The van der Waals surface area contributed by atoms with Crippen LogP contribution >= 0.6 is 0 Å². The third-order valence-electron chi connectivity index (χ3n) is 4.51. The van der Waals surface area contributed by atoms with Crippen molar-refractivity contribution < 1.29 is 21.6 Å². The van der Waals surface area contributed by atoms with E-state index in [1.165, 1.54) is 0 Å². The number of anilines is 1. The molecule has 0 saturated carbocycles. The van der Waals surface area contributed by atoms with E-state index in [-0.39, 0.29) is 6.54 Å². The number of aromatic amines is 1. The molecule has 28 heavy (non-hydrogen) atoms. The second kappa shape index (κ2) is 6.81. The lowest BCUT2D eigenvalue weighted by Gasteiger charge is -2.35. The highest BCUT2D eigenvalue weighted by atomic mass is 32.2. The van der Waals surface area contributed by atoms with Crippen LogP contribution in [0, 0.1) is 0 Å². The van der Waals surface area contributed by atoms with Gasteiger partial charge in [0.1, 0.15) is 0 Å². The van der Waals surface area contributed by atoms with Crippen molar-refractivity contribution in [2.75, 3.05) is 23.7 Å². The van der Waals surface area contributed by atoms with Crippen LogP contribution in [0.1, 0.15) is 12.8 Å². The molecule has 150 valence electrons. The number of fused-ring (bicyclic) bond motifs is 3. The van der Waals surface area contributed by atoms with Crippen molar-refractivity contribution in [3.63, 3.8) is 0 Å². The third kappa shape index (κ3) is 3.85. The van der Waals surface area contributed by atoms with Crippen LogP contribution in [-0.2, 0) is 10.0 Å². The fourth-order valence-electron chi connectivity index (χ4n) is 3.48. The zero-order chi connectivity index (χ0) is 19.9. The molecule has 1 saturated heterocycles. The minimum absolute atomic E-state index is 0.218. The lowest BCUT2D eigenvalue weighted by molar-refractivity contribution is -0.106. The van der Waals surface area contributed by atoms with Gasteiger partial charge in [-0.3, -0.25) is 5.10 Å². The molecule has 9 nitrogen and oxygen atoms in total. The molecule has 0 bridgehead atoms. The molecule has 13 heteroatoms. The largest absolute Gasteiger partial charge is 0.404 e. The van der Waals surface area contributed by atoms with E-state index in [1.54, 1.807) is 18.5 Å². The Morgan fingerprint density at radius 2 is 2.14 bits per heavy atom. The number of alkyl halides is 3. The molecule has 0 spiro atoms. The average Bonchev–Trinajstić information content (AvgIpc) is 3.07. The van der Waals surface area contributed by atoms with Gasteiger partial charge in [-0.1, -0.05) is 0 Å². The molecule has 3 aromatic rings. The van der Waals surface area contributed by atoms with Crippen molar-refractivity contribution in [1.29, 1.82) is 0 Å². The molecule has 0 amide bonds. The number of nitrogens with zero attached hydrogens (tertiary/aromatic N) is 5. The van der Waals surface area contributed by atoms with Crippen molar-refractivity contribution in [3.8, 4) is 0 Å². The van der Waals surface area contributed by atoms with E-state index in [2.05, 4.69) is 30.1 Å². The van der Waals surface area contributed by atoms with Gasteiger partial charge in [0.2, 0.25) is 10.0 Å². The topological polar surface area (TPSA) is 117 Å². The average molecular weight is 415 g/mol. The van der Waals surface area contributed by atoms with E-state index in [0.29, 0.717) is 36.4 Å². The second-order valence-electron chi connectivity index (χ2n) is 6.64. The van der Waals surface area contributed by atoms with Crippen molar-refractivity contribution in [1.82, 2.24) is 30.1 Å². The smallest absolute Gasteiger partial charge is 0.368 e. The first kappa shape index (κ1) is 18.8. The normalized spacial score (nSPS) is 18.8. The Morgan fingerprint density at radius 3 is 2.93 bits per heavy atom. The highest BCUT2D eigenvalue weighted by molar-refractivity contribution is 7.89. The third-order valence-corrected chi connectivity index (χ3v) is 5.91. The summed E-state index contributed by atoms with van der Waals surface area (Å²) in [5.74, 6) is -1.89. The number of hydrogen-bond donors (Lipinski definition) is 2. The number of halogens is 3. The Balaban J connectivity index is 1.63. The number of aromatic nitrogens is 5. The summed E-state index contributed by atoms with van der Waals surface area (Å²) in [5.41, 5.74) is 1.60. The van der Waals surface area contributed by atoms with Gasteiger partial charge >= 0.3 is 6.18 Å². The molecule has 1 unspecified atom stereocenters. The minimum atomic E-state index is -4.79. The Kier molecular flexibility index (Phi) is 4.57. The first-order valence-electron chi connectivity index (χ1n) is 8.48. The summed E-state index contributed by atoms with van der Waals surface area (Å²) in [7, 11) is -4.47. The zero-order valence-electron chi connectivity index (χ0n) is 14.4. The molecule has 0 radical (unpaired) electrons. The van der Waals surface area contributed by atoms with Gasteiger partial charge in [-0.2, -0.15) is 18.3 Å². The van der Waals surface area contributed by atoms with Gasteiger partial charge < -0.3 is 4.90 Å². The standard InChI is InChI=1S/C15H16F3N7O2S/c16-15(17,18)8-28(26,27)24-9-2-1-5-25(7-9)11-6-20-21-14-12(11)10-3-4-19-13(10)22-23-14/h3-4,6,9,24H,1-2,5,7-8H2,(H,21,23). The molecule has 1 fully saturated rings. The fourth-order valence-corrected chi connectivity index (χ4v) is 4.69. The van der Waals surface area contributed by atoms with Gasteiger partial charge in [0.05, 0.1) is 17.3 Å². The molecule has 3 aromatic heterocycles. The van der Waals surface area contributed by atoms with Crippen LogP contribution in [-0.4, -0.2) is 64.9 Å². The lowest BCUT2D eigenvalue weighted by atomic mass is 10.1. The first-order chi connectivity index (χ1) is 13.2.